The molecule has 0 saturated heterocycles. The standard InChI is InChI=1S/C18H17ClN2O/c1-11-9-17(21-16-6-4-5-15(19)12(16)2)14-8-7-13(22-3)10-18(14)20-11/h4-10H,1-3H3,(H,20,21). The van der Waals surface area contributed by atoms with Crippen LogP contribution in [-0.2, 0) is 0 Å². The van der Waals surface area contributed by atoms with E-state index in [0.717, 1.165) is 44.3 Å². The summed E-state index contributed by atoms with van der Waals surface area (Å²) in [5, 5.41) is 5.27. The zero-order chi connectivity index (χ0) is 15.7. The molecule has 1 heterocycles. The Morgan fingerprint density at radius 1 is 1.05 bits per heavy atom. The maximum Gasteiger partial charge on any atom is 0.121 e. The molecule has 0 aliphatic carbocycles. The van der Waals surface area contributed by atoms with Gasteiger partial charge < -0.3 is 10.1 Å². The second-order valence-corrected chi connectivity index (χ2v) is 5.64. The first-order chi connectivity index (χ1) is 10.6. The van der Waals surface area contributed by atoms with Crippen molar-refractivity contribution in [3.05, 3.63) is 58.7 Å². The lowest BCUT2D eigenvalue weighted by atomic mass is 10.1. The third kappa shape index (κ3) is 2.72. The molecule has 0 aliphatic heterocycles. The molecule has 0 radical (unpaired) electrons. The first kappa shape index (κ1) is 14.7. The minimum Gasteiger partial charge on any atom is -0.497 e. The van der Waals surface area contributed by atoms with Crippen LogP contribution in [0, 0.1) is 13.8 Å². The summed E-state index contributed by atoms with van der Waals surface area (Å²) in [6.07, 6.45) is 0. The van der Waals surface area contributed by atoms with Crippen molar-refractivity contribution in [3.63, 3.8) is 0 Å². The largest absolute Gasteiger partial charge is 0.497 e. The van der Waals surface area contributed by atoms with E-state index in [1.54, 1.807) is 7.11 Å². The van der Waals surface area contributed by atoms with Gasteiger partial charge in [-0.1, -0.05) is 17.7 Å². The number of hydrogen-bond acceptors (Lipinski definition) is 3. The van der Waals surface area contributed by atoms with Crippen LogP contribution in [0.4, 0.5) is 11.4 Å². The second-order valence-electron chi connectivity index (χ2n) is 5.23. The minimum absolute atomic E-state index is 0.752. The second kappa shape index (κ2) is 5.85. The van der Waals surface area contributed by atoms with Gasteiger partial charge in [-0.2, -0.15) is 0 Å². The van der Waals surface area contributed by atoms with Crippen molar-refractivity contribution in [1.29, 1.82) is 0 Å². The van der Waals surface area contributed by atoms with Crippen molar-refractivity contribution in [2.45, 2.75) is 13.8 Å². The molecule has 3 nitrogen and oxygen atoms in total. The fourth-order valence-electron chi connectivity index (χ4n) is 2.46. The van der Waals surface area contributed by atoms with E-state index in [2.05, 4.69) is 10.3 Å². The molecule has 0 amide bonds. The molecule has 0 saturated carbocycles. The lowest BCUT2D eigenvalue weighted by molar-refractivity contribution is 0.415. The van der Waals surface area contributed by atoms with Gasteiger partial charge in [0.15, 0.2) is 0 Å². The van der Waals surface area contributed by atoms with E-state index in [1.165, 1.54) is 0 Å². The van der Waals surface area contributed by atoms with Crippen molar-refractivity contribution < 1.29 is 4.74 Å². The predicted octanol–water partition coefficient (Wildman–Crippen LogP) is 5.26. The van der Waals surface area contributed by atoms with E-state index in [1.807, 2.05) is 56.3 Å². The molecule has 0 spiro atoms. The Balaban J connectivity index is 2.12. The van der Waals surface area contributed by atoms with Gasteiger partial charge in [-0.05, 0) is 49.7 Å². The van der Waals surface area contributed by atoms with Crippen molar-refractivity contribution in [2.24, 2.45) is 0 Å². The minimum atomic E-state index is 0.752. The van der Waals surface area contributed by atoms with Crippen LogP contribution in [0.3, 0.4) is 0 Å². The van der Waals surface area contributed by atoms with Gasteiger partial charge in [0.25, 0.3) is 0 Å². The molecular weight excluding hydrogens is 296 g/mol. The summed E-state index contributed by atoms with van der Waals surface area (Å²) in [5.41, 5.74) is 4.88. The van der Waals surface area contributed by atoms with Crippen LogP contribution in [0.5, 0.6) is 5.75 Å². The van der Waals surface area contributed by atoms with Gasteiger partial charge in [0.2, 0.25) is 0 Å². The summed E-state index contributed by atoms with van der Waals surface area (Å²) in [4.78, 5) is 4.58. The Bertz CT molecular complexity index is 846. The quantitative estimate of drug-likeness (QED) is 0.716. The Labute approximate surface area is 134 Å². The molecule has 2 aromatic carbocycles. The molecule has 1 N–H and O–H groups in total. The fraction of sp³-hybridized carbons (Fsp3) is 0.167. The average molecular weight is 313 g/mol. The molecular formula is C18H17ClN2O. The van der Waals surface area contributed by atoms with Crippen molar-refractivity contribution in [3.8, 4) is 5.75 Å². The predicted molar refractivity (Wildman–Crippen MR) is 92.5 cm³/mol. The van der Waals surface area contributed by atoms with E-state index in [-0.39, 0.29) is 0 Å². The maximum atomic E-state index is 6.20. The summed E-state index contributed by atoms with van der Waals surface area (Å²) in [7, 11) is 1.66. The lowest BCUT2D eigenvalue weighted by Gasteiger charge is -2.14. The van der Waals surface area contributed by atoms with Gasteiger partial charge in [-0.15, -0.1) is 0 Å². The molecule has 4 heteroatoms. The van der Waals surface area contributed by atoms with Gasteiger partial charge in [-0.3, -0.25) is 4.98 Å². The van der Waals surface area contributed by atoms with Crippen molar-refractivity contribution in [1.82, 2.24) is 4.98 Å². The number of rotatable bonds is 3. The van der Waals surface area contributed by atoms with Crippen LogP contribution >= 0.6 is 11.6 Å². The van der Waals surface area contributed by atoms with E-state index >= 15 is 0 Å². The zero-order valence-corrected chi connectivity index (χ0v) is 13.5. The number of hydrogen-bond donors (Lipinski definition) is 1. The molecule has 112 valence electrons. The van der Waals surface area contributed by atoms with Crippen LogP contribution in [0.15, 0.2) is 42.5 Å². The van der Waals surface area contributed by atoms with E-state index < -0.39 is 0 Å². The molecule has 0 bridgehead atoms. The number of nitrogens with zero attached hydrogens (tertiary/aromatic N) is 1. The highest BCUT2D eigenvalue weighted by atomic mass is 35.5. The number of fused-ring (bicyclic) bond motifs is 1. The lowest BCUT2D eigenvalue weighted by Crippen LogP contribution is -1.97. The number of aryl methyl sites for hydroxylation is 1. The van der Waals surface area contributed by atoms with E-state index in [9.17, 15) is 0 Å². The topological polar surface area (TPSA) is 34.1 Å². The summed E-state index contributed by atoms with van der Waals surface area (Å²) >= 11 is 6.20. The Morgan fingerprint density at radius 2 is 1.86 bits per heavy atom. The van der Waals surface area contributed by atoms with Crippen molar-refractivity contribution >= 4 is 33.9 Å². The van der Waals surface area contributed by atoms with Gasteiger partial charge in [0.1, 0.15) is 5.75 Å². The Hall–Kier alpha value is -2.26. The number of nitrogens with one attached hydrogen (secondary N) is 1. The number of benzene rings is 2. The molecule has 1 aromatic heterocycles. The van der Waals surface area contributed by atoms with Gasteiger partial charge in [-0.25, -0.2) is 0 Å². The number of methoxy groups -OCH3 is 1. The smallest absolute Gasteiger partial charge is 0.121 e. The third-order valence-corrected chi connectivity index (χ3v) is 4.09. The van der Waals surface area contributed by atoms with Gasteiger partial charge >= 0.3 is 0 Å². The van der Waals surface area contributed by atoms with Gasteiger partial charge in [0.05, 0.1) is 12.6 Å². The first-order valence-corrected chi connectivity index (χ1v) is 7.44. The van der Waals surface area contributed by atoms with E-state index in [4.69, 9.17) is 16.3 Å². The van der Waals surface area contributed by atoms with Crippen LogP contribution in [-0.4, -0.2) is 12.1 Å². The van der Waals surface area contributed by atoms with Crippen LogP contribution in [0.2, 0.25) is 5.02 Å². The van der Waals surface area contributed by atoms with Crippen molar-refractivity contribution in [2.75, 3.05) is 12.4 Å². The summed E-state index contributed by atoms with van der Waals surface area (Å²) in [5.74, 6) is 0.801. The highest BCUT2D eigenvalue weighted by Gasteiger charge is 2.08. The number of halogens is 1. The highest BCUT2D eigenvalue weighted by molar-refractivity contribution is 6.31. The Morgan fingerprint density at radius 3 is 2.64 bits per heavy atom. The normalized spacial score (nSPS) is 10.7. The number of anilines is 2. The summed E-state index contributed by atoms with van der Waals surface area (Å²) < 4.78 is 5.28. The fourth-order valence-corrected chi connectivity index (χ4v) is 2.63. The number of pyridine rings is 1. The third-order valence-electron chi connectivity index (χ3n) is 3.68. The van der Waals surface area contributed by atoms with Crippen LogP contribution in [0.25, 0.3) is 10.9 Å². The SMILES string of the molecule is COc1ccc2c(Nc3cccc(Cl)c3C)cc(C)nc2c1. The Kier molecular flexibility index (Phi) is 3.90. The van der Waals surface area contributed by atoms with Crippen LogP contribution in [0.1, 0.15) is 11.3 Å². The van der Waals surface area contributed by atoms with Crippen LogP contribution < -0.4 is 10.1 Å². The molecule has 0 aliphatic rings. The van der Waals surface area contributed by atoms with Gasteiger partial charge in [0, 0.05) is 33.5 Å². The monoisotopic (exact) mass is 312 g/mol. The molecule has 3 rings (SSSR count). The molecule has 3 aromatic rings. The maximum absolute atomic E-state index is 6.20. The highest BCUT2D eigenvalue weighted by Crippen LogP contribution is 2.31. The number of ether oxygens (including phenoxy) is 1. The zero-order valence-electron chi connectivity index (χ0n) is 12.8. The molecule has 0 atom stereocenters. The molecule has 0 fully saturated rings. The molecule has 0 unspecified atom stereocenters. The summed E-state index contributed by atoms with van der Waals surface area (Å²) in [6.45, 7) is 3.98. The number of aromatic nitrogens is 1. The first-order valence-electron chi connectivity index (χ1n) is 7.06. The summed E-state index contributed by atoms with van der Waals surface area (Å²) in [6, 6.07) is 13.8. The molecule has 22 heavy (non-hydrogen) atoms. The van der Waals surface area contributed by atoms with E-state index in [0.29, 0.717) is 0 Å². The average Bonchev–Trinajstić information content (AvgIpc) is 2.51.